The third-order valence-electron chi connectivity index (χ3n) is 3.81. The quantitative estimate of drug-likeness (QED) is 0.715. The molecule has 0 aromatic heterocycles. The molecule has 0 spiro atoms. The smallest absolute Gasteiger partial charge is 0.122 e. The van der Waals surface area contributed by atoms with Gasteiger partial charge in [-0.15, -0.1) is 0 Å². The van der Waals surface area contributed by atoms with Gasteiger partial charge in [0.15, 0.2) is 0 Å². The van der Waals surface area contributed by atoms with Gasteiger partial charge in [0.2, 0.25) is 0 Å². The van der Waals surface area contributed by atoms with E-state index in [-0.39, 0.29) is 5.41 Å². The van der Waals surface area contributed by atoms with Crippen LogP contribution in [-0.4, -0.2) is 33.9 Å². The lowest BCUT2D eigenvalue weighted by atomic mass is 9.77. The molecule has 1 aromatic rings. The number of benzene rings is 1. The number of hydrogen-bond acceptors (Lipinski definition) is 3. The normalized spacial score (nSPS) is 13.2. The van der Waals surface area contributed by atoms with Gasteiger partial charge in [0, 0.05) is 18.1 Å². The second-order valence-corrected chi connectivity index (χ2v) is 7.34. The Hall–Kier alpha value is -0.580. The first-order chi connectivity index (χ1) is 9.88. The fourth-order valence-corrected chi connectivity index (χ4v) is 2.72. The van der Waals surface area contributed by atoms with Gasteiger partial charge in [0.05, 0.1) is 13.7 Å². The Morgan fingerprint density at radius 2 is 1.95 bits per heavy atom. The summed E-state index contributed by atoms with van der Waals surface area (Å²) >= 11 is 3.55. The van der Waals surface area contributed by atoms with Crippen LogP contribution in [0.1, 0.15) is 26.3 Å². The summed E-state index contributed by atoms with van der Waals surface area (Å²) < 4.78 is 11.7. The summed E-state index contributed by atoms with van der Waals surface area (Å²) in [6, 6.07) is 6.20. The van der Waals surface area contributed by atoms with Gasteiger partial charge in [0.25, 0.3) is 0 Å². The minimum atomic E-state index is 0.230. The SMILES string of the molecule is COCCNCC(Cc1cc(Br)ccc1OC)C(C)(C)C. The fraction of sp³-hybridized carbons (Fsp3) is 0.647. The van der Waals surface area contributed by atoms with Crippen molar-refractivity contribution in [1.29, 1.82) is 0 Å². The van der Waals surface area contributed by atoms with Gasteiger partial charge >= 0.3 is 0 Å². The lowest BCUT2D eigenvalue weighted by molar-refractivity contribution is 0.186. The van der Waals surface area contributed by atoms with E-state index in [1.54, 1.807) is 14.2 Å². The average Bonchev–Trinajstić information content (AvgIpc) is 2.41. The molecule has 120 valence electrons. The van der Waals surface area contributed by atoms with Crippen LogP contribution in [0.2, 0.25) is 0 Å². The maximum Gasteiger partial charge on any atom is 0.122 e. The van der Waals surface area contributed by atoms with Crippen LogP contribution in [0.4, 0.5) is 0 Å². The van der Waals surface area contributed by atoms with E-state index >= 15 is 0 Å². The largest absolute Gasteiger partial charge is 0.496 e. The lowest BCUT2D eigenvalue weighted by Gasteiger charge is -2.31. The van der Waals surface area contributed by atoms with Crippen LogP contribution in [0, 0.1) is 11.3 Å². The van der Waals surface area contributed by atoms with E-state index in [0.717, 1.165) is 36.3 Å². The highest BCUT2D eigenvalue weighted by molar-refractivity contribution is 9.10. The van der Waals surface area contributed by atoms with Gasteiger partial charge in [0.1, 0.15) is 5.75 Å². The molecule has 1 unspecified atom stereocenters. The summed E-state index contributed by atoms with van der Waals surface area (Å²) in [4.78, 5) is 0. The van der Waals surface area contributed by atoms with Gasteiger partial charge in [-0.1, -0.05) is 36.7 Å². The maximum absolute atomic E-state index is 5.50. The third kappa shape index (κ3) is 6.37. The summed E-state index contributed by atoms with van der Waals surface area (Å²) in [5, 5.41) is 3.49. The van der Waals surface area contributed by atoms with Crippen LogP contribution in [0.15, 0.2) is 22.7 Å². The summed E-state index contributed by atoms with van der Waals surface area (Å²) in [6.07, 6.45) is 0.992. The third-order valence-corrected chi connectivity index (χ3v) is 4.30. The van der Waals surface area contributed by atoms with Crippen molar-refractivity contribution in [3.63, 3.8) is 0 Å². The second kappa shape index (κ2) is 8.76. The molecule has 0 aliphatic carbocycles. The lowest BCUT2D eigenvalue weighted by Crippen LogP contribution is -2.34. The summed E-state index contributed by atoms with van der Waals surface area (Å²) in [5.41, 5.74) is 1.48. The van der Waals surface area contributed by atoms with E-state index in [0.29, 0.717) is 5.92 Å². The molecule has 1 aromatic carbocycles. The average molecular weight is 358 g/mol. The molecule has 1 N–H and O–H groups in total. The van der Waals surface area contributed by atoms with Crippen LogP contribution in [-0.2, 0) is 11.2 Å². The molecule has 1 atom stereocenters. The zero-order valence-electron chi connectivity index (χ0n) is 13.8. The van der Waals surface area contributed by atoms with Crippen LogP contribution < -0.4 is 10.1 Å². The molecule has 0 heterocycles. The number of hydrogen-bond donors (Lipinski definition) is 1. The molecule has 21 heavy (non-hydrogen) atoms. The van der Waals surface area contributed by atoms with Crippen molar-refractivity contribution in [2.45, 2.75) is 27.2 Å². The number of halogens is 1. The van der Waals surface area contributed by atoms with E-state index < -0.39 is 0 Å². The van der Waals surface area contributed by atoms with Gasteiger partial charge in [-0.3, -0.25) is 0 Å². The Bertz CT molecular complexity index is 429. The maximum atomic E-state index is 5.50. The second-order valence-electron chi connectivity index (χ2n) is 6.42. The molecule has 0 aliphatic heterocycles. The van der Waals surface area contributed by atoms with E-state index in [1.807, 2.05) is 12.1 Å². The highest BCUT2D eigenvalue weighted by Gasteiger charge is 2.25. The number of ether oxygens (including phenoxy) is 2. The standard InChI is InChI=1S/C17H28BrNO2/c1-17(2,3)14(12-19-8-9-20-4)10-13-11-15(18)6-7-16(13)21-5/h6-7,11,14,19H,8-10,12H2,1-5H3. The number of rotatable bonds is 8. The summed E-state index contributed by atoms with van der Waals surface area (Å²) in [7, 11) is 3.46. The van der Waals surface area contributed by atoms with Crippen LogP contribution in [0.3, 0.4) is 0 Å². The van der Waals surface area contributed by atoms with Gasteiger partial charge < -0.3 is 14.8 Å². The Morgan fingerprint density at radius 3 is 2.52 bits per heavy atom. The van der Waals surface area contributed by atoms with E-state index in [9.17, 15) is 0 Å². The first-order valence-corrected chi connectivity index (χ1v) is 8.20. The van der Waals surface area contributed by atoms with Gasteiger partial charge in [-0.25, -0.2) is 0 Å². The number of methoxy groups -OCH3 is 2. The zero-order chi connectivity index (χ0) is 15.9. The molecule has 4 heteroatoms. The minimum Gasteiger partial charge on any atom is -0.496 e. The monoisotopic (exact) mass is 357 g/mol. The first kappa shape index (κ1) is 18.5. The van der Waals surface area contributed by atoms with Crippen molar-refractivity contribution in [2.24, 2.45) is 11.3 Å². The molecule has 1 rings (SSSR count). The molecule has 0 aliphatic rings. The van der Waals surface area contributed by atoms with Crippen molar-refractivity contribution >= 4 is 15.9 Å². The highest BCUT2D eigenvalue weighted by Crippen LogP contribution is 2.32. The molecule has 0 bridgehead atoms. The van der Waals surface area contributed by atoms with Crippen molar-refractivity contribution in [3.05, 3.63) is 28.2 Å². The van der Waals surface area contributed by atoms with Crippen molar-refractivity contribution in [2.75, 3.05) is 33.9 Å². The zero-order valence-corrected chi connectivity index (χ0v) is 15.4. The van der Waals surface area contributed by atoms with Crippen LogP contribution in [0.25, 0.3) is 0 Å². The van der Waals surface area contributed by atoms with Gasteiger partial charge in [-0.2, -0.15) is 0 Å². The Labute approximate surface area is 137 Å². The Morgan fingerprint density at radius 1 is 1.24 bits per heavy atom. The minimum absolute atomic E-state index is 0.230. The molecular formula is C17H28BrNO2. The Balaban J connectivity index is 2.79. The fourth-order valence-electron chi connectivity index (χ4n) is 2.31. The highest BCUT2D eigenvalue weighted by atomic mass is 79.9. The topological polar surface area (TPSA) is 30.5 Å². The Kier molecular flexibility index (Phi) is 7.71. The molecular weight excluding hydrogens is 330 g/mol. The molecule has 0 radical (unpaired) electrons. The molecule has 0 fully saturated rings. The summed E-state index contributed by atoms with van der Waals surface area (Å²) in [5.74, 6) is 1.49. The summed E-state index contributed by atoms with van der Waals surface area (Å²) in [6.45, 7) is 9.48. The van der Waals surface area contributed by atoms with Crippen molar-refractivity contribution < 1.29 is 9.47 Å². The van der Waals surface area contributed by atoms with Gasteiger partial charge in [-0.05, 0) is 48.1 Å². The predicted octanol–water partition coefficient (Wildman–Crippen LogP) is 3.90. The van der Waals surface area contributed by atoms with Crippen LogP contribution in [0.5, 0.6) is 5.75 Å². The van der Waals surface area contributed by atoms with E-state index in [1.165, 1.54) is 5.56 Å². The molecule has 3 nitrogen and oxygen atoms in total. The van der Waals surface area contributed by atoms with E-state index in [2.05, 4.69) is 48.1 Å². The number of nitrogens with one attached hydrogen (secondary N) is 1. The van der Waals surface area contributed by atoms with Crippen molar-refractivity contribution in [1.82, 2.24) is 5.32 Å². The molecule has 0 amide bonds. The predicted molar refractivity (Wildman–Crippen MR) is 92.1 cm³/mol. The van der Waals surface area contributed by atoms with Crippen molar-refractivity contribution in [3.8, 4) is 5.75 Å². The van der Waals surface area contributed by atoms with Crippen LogP contribution >= 0.6 is 15.9 Å². The van der Waals surface area contributed by atoms with E-state index in [4.69, 9.17) is 9.47 Å². The first-order valence-electron chi connectivity index (χ1n) is 7.40. The molecule has 0 saturated carbocycles. The molecule has 0 saturated heterocycles.